The molecule has 1 rings (SSSR count). The summed E-state index contributed by atoms with van der Waals surface area (Å²) in [6.45, 7) is 5.52. The summed E-state index contributed by atoms with van der Waals surface area (Å²) in [5, 5.41) is 0. The molecule has 0 aromatic carbocycles. The summed E-state index contributed by atoms with van der Waals surface area (Å²) >= 11 is 4.94. The van der Waals surface area contributed by atoms with E-state index in [2.05, 4.69) is 4.90 Å². The van der Waals surface area contributed by atoms with Gasteiger partial charge in [-0.05, 0) is 6.42 Å². The highest BCUT2D eigenvalue weighted by Crippen LogP contribution is 2.06. The SMILES string of the molecule is COCCOCCCN1CCOC(C(N)=S)C1. The van der Waals surface area contributed by atoms with Crippen molar-refractivity contribution < 1.29 is 14.2 Å². The normalized spacial score (nSPS) is 21.6. The van der Waals surface area contributed by atoms with Crippen LogP contribution in [0.2, 0.25) is 0 Å². The Balaban J connectivity index is 2.04. The van der Waals surface area contributed by atoms with Gasteiger partial charge in [-0.1, -0.05) is 12.2 Å². The van der Waals surface area contributed by atoms with E-state index in [4.69, 9.17) is 32.2 Å². The number of rotatable bonds is 8. The van der Waals surface area contributed by atoms with Gasteiger partial charge in [-0.2, -0.15) is 0 Å². The first kappa shape index (κ1) is 14.8. The van der Waals surface area contributed by atoms with Crippen molar-refractivity contribution in [1.82, 2.24) is 4.90 Å². The Morgan fingerprint density at radius 1 is 1.47 bits per heavy atom. The number of nitrogens with two attached hydrogens (primary N) is 1. The maximum Gasteiger partial charge on any atom is 0.120 e. The Morgan fingerprint density at radius 3 is 3.00 bits per heavy atom. The van der Waals surface area contributed by atoms with E-state index in [0.29, 0.717) is 24.8 Å². The molecule has 1 aliphatic rings. The van der Waals surface area contributed by atoms with Gasteiger partial charge < -0.3 is 19.9 Å². The zero-order valence-corrected chi connectivity index (χ0v) is 11.2. The van der Waals surface area contributed by atoms with Crippen LogP contribution >= 0.6 is 12.2 Å². The molecule has 1 atom stereocenters. The Morgan fingerprint density at radius 2 is 2.29 bits per heavy atom. The second-order valence-electron chi connectivity index (χ2n) is 4.02. The molecule has 5 nitrogen and oxygen atoms in total. The van der Waals surface area contributed by atoms with Gasteiger partial charge >= 0.3 is 0 Å². The molecule has 2 N–H and O–H groups in total. The van der Waals surface area contributed by atoms with Gasteiger partial charge in [0.15, 0.2) is 0 Å². The number of methoxy groups -OCH3 is 1. The smallest absolute Gasteiger partial charge is 0.120 e. The summed E-state index contributed by atoms with van der Waals surface area (Å²) in [5.41, 5.74) is 5.58. The van der Waals surface area contributed by atoms with Gasteiger partial charge in [-0.15, -0.1) is 0 Å². The van der Waals surface area contributed by atoms with Crippen molar-refractivity contribution in [3.05, 3.63) is 0 Å². The predicted octanol–water partition coefficient (Wildman–Crippen LogP) is 0.0264. The van der Waals surface area contributed by atoms with Gasteiger partial charge in [0, 0.05) is 33.4 Å². The molecule has 1 saturated heterocycles. The van der Waals surface area contributed by atoms with E-state index < -0.39 is 0 Å². The summed E-state index contributed by atoms with van der Waals surface area (Å²) in [4.78, 5) is 2.76. The van der Waals surface area contributed by atoms with Crippen molar-refractivity contribution >= 4 is 17.2 Å². The molecule has 0 bridgehead atoms. The van der Waals surface area contributed by atoms with Crippen molar-refractivity contribution in [1.29, 1.82) is 0 Å². The maximum absolute atomic E-state index is 5.58. The van der Waals surface area contributed by atoms with E-state index in [1.807, 2.05) is 0 Å². The lowest BCUT2D eigenvalue weighted by Crippen LogP contribution is -2.48. The molecule has 1 fully saturated rings. The highest BCUT2D eigenvalue weighted by atomic mass is 32.1. The van der Waals surface area contributed by atoms with Gasteiger partial charge in [0.05, 0.1) is 19.8 Å². The van der Waals surface area contributed by atoms with Crippen LogP contribution in [0.5, 0.6) is 0 Å². The third-order valence-electron chi connectivity index (χ3n) is 2.66. The number of thiocarbonyl (C=S) groups is 1. The van der Waals surface area contributed by atoms with Crippen LogP contribution < -0.4 is 5.73 Å². The number of ether oxygens (including phenoxy) is 3. The number of hydrogen-bond donors (Lipinski definition) is 1. The minimum atomic E-state index is -0.0897. The van der Waals surface area contributed by atoms with Crippen LogP contribution in [0, 0.1) is 0 Å². The number of hydrogen-bond acceptors (Lipinski definition) is 5. The maximum atomic E-state index is 5.58. The van der Waals surface area contributed by atoms with Gasteiger partial charge in [0.2, 0.25) is 0 Å². The third-order valence-corrected chi connectivity index (χ3v) is 2.93. The van der Waals surface area contributed by atoms with Crippen molar-refractivity contribution in [2.75, 3.05) is 53.2 Å². The lowest BCUT2D eigenvalue weighted by molar-refractivity contribution is 0.00201. The molecule has 0 spiro atoms. The largest absolute Gasteiger partial charge is 0.391 e. The molecule has 0 aromatic rings. The van der Waals surface area contributed by atoms with Gasteiger partial charge in [0.25, 0.3) is 0 Å². The first-order valence-electron chi connectivity index (χ1n) is 5.94. The van der Waals surface area contributed by atoms with E-state index in [-0.39, 0.29) is 6.10 Å². The van der Waals surface area contributed by atoms with E-state index >= 15 is 0 Å². The van der Waals surface area contributed by atoms with Crippen molar-refractivity contribution in [2.45, 2.75) is 12.5 Å². The molecule has 0 aliphatic carbocycles. The number of morpholine rings is 1. The lowest BCUT2D eigenvalue weighted by Gasteiger charge is -2.32. The zero-order valence-electron chi connectivity index (χ0n) is 10.4. The molecule has 1 heterocycles. The monoisotopic (exact) mass is 262 g/mol. The predicted molar refractivity (Wildman–Crippen MR) is 70.3 cm³/mol. The standard InChI is InChI=1S/C11H22N2O3S/c1-14-7-8-15-5-2-3-13-4-6-16-10(9-13)11(12)17/h10H,2-9H2,1H3,(H2,12,17). The molecule has 0 aromatic heterocycles. The molecule has 0 radical (unpaired) electrons. The lowest BCUT2D eigenvalue weighted by atomic mass is 10.2. The van der Waals surface area contributed by atoms with Crippen LogP contribution in [0.15, 0.2) is 0 Å². The number of nitrogens with zero attached hydrogens (tertiary/aromatic N) is 1. The molecule has 0 saturated carbocycles. The van der Waals surface area contributed by atoms with Crippen molar-refractivity contribution in [3.8, 4) is 0 Å². The van der Waals surface area contributed by atoms with E-state index in [0.717, 1.165) is 32.7 Å². The van der Waals surface area contributed by atoms with Crippen molar-refractivity contribution in [2.24, 2.45) is 5.73 Å². The van der Waals surface area contributed by atoms with Crippen LogP contribution in [0.1, 0.15) is 6.42 Å². The fourth-order valence-corrected chi connectivity index (χ4v) is 1.85. The Kier molecular flexibility index (Phi) is 7.63. The zero-order chi connectivity index (χ0) is 12.5. The molecule has 0 amide bonds. The fraction of sp³-hybridized carbons (Fsp3) is 0.909. The summed E-state index contributed by atoms with van der Waals surface area (Å²) in [6.07, 6.45) is 0.918. The Bertz CT molecular complexity index is 229. The van der Waals surface area contributed by atoms with Crippen LogP contribution in [-0.2, 0) is 14.2 Å². The minimum absolute atomic E-state index is 0.0897. The van der Waals surface area contributed by atoms with Crippen molar-refractivity contribution in [3.63, 3.8) is 0 Å². The van der Waals surface area contributed by atoms with Gasteiger partial charge in [-0.3, -0.25) is 4.90 Å². The van der Waals surface area contributed by atoms with E-state index in [1.54, 1.807) is 7.11 Å². The van der Waals surface area contributed by atoms with E-state index in [1.165, 1.54) is 0 Å². The quantitative estimate of drug-likeness (QED) is 0.492. The molecular formula is C11H22N2O3S. The van der Waals surface area contributed by atoms with Crippen LogP contribution in [0.3, 0.4) is 0 Å². The van der Waals surface area contributed by atoms with Crippen LogP contribution in [-0.4, -0.2) is 69.2 Å². The van der Waals surface area contributed by atoms with Crippen LogP contribution in [0.4, 0.5) is 0 Å². The van der Waals surface area contributed by atoms with Gasteiger partial charge in [-0.25, -0.2) is 0 Å². The summed E-state index contributed by atoms with van der Waals surface area (Å²) < 4.78 is 15.8. The fourth-order valence-electron chi connectivity index (χ4n) is 1.71. The molecule has 1 unspecified atom stereocenters. The minimum Gasteiger partial charge on any atom is -0.391 e. The third kappa shape index (κ3) is 6.28. The first-order chi connectivity index (χ1) is 8.24. The average Bonchev–Trinajstić information content (AvgIpc) is 2.34. The second kappa shape index (κ2) is 8.77. The van der Waals surface area contributed by atoms with Gasteiger partial charge in [0.1, 0.15) is 11.1 Å². The summed E-state index contributed by atoms with van der Waals surface area (Å²) in [6, 6.07) is 0. The first-order valence-corrected chi connectivity index (χ1v) is 6.35. The molecule has 100 valence electrons. The highest BCUT2D eigenvalue weighted by Gasteiger charge is 2.21. The van der Waals surface area contributed by atoms with Crippen LogP contribution in [0.25, 0.3) is 0 Å². The Labute approximate surface area is 108 Å². The summed E-state index contributed by atoms with van der Waals surface area (Å²) in [7, 11) is 1.67. The molecular weight excluding hydrogens is 240 g/mol. The molecule has 6 heteroatoms. The van der Waals surface area contributed by atoms with E-state index in [9.17, 15) is 0 Å². The Hall–Kier alpha value is -0.270. The molecule has 1 aliphatic heterocycles. The molecule has 17 heavy (non-hydrogen) atoms. The highest BCUT2D eigenvalue weighted by molar-refractivity contribution is 7.80. The second-order valence-corrected chi connectivity index (χ2v) is 4.49. The topological polar surface area (TPSA) is 57.0 Å². The summed E-state index contributed by atoms with van der Waals surface area (Å²) in [5.74, 6) is 0. The average molecular weight is 262 g/mol.